The lowest BCUT2D eigenvalue weighted by Gasteiger charge is -2.39. The van der Waals surface area contributed by atoms with E-state index >= 15 is 0 Å². The Morgan fingerprint density at radius 1 is 1.11 bits per heavy atom. The van der Waals surface area contributed by atoms with Crippen molar-refractivity contribution in [3.63, 3.8) is 0 Å². The van der Waals surface area contributed by atoms with Gasteiger partial charge in [-0.3, -0.25) is 4.79 Å². The van der Waals surface area contributed by atoms with Crippen molar-refractivity contribution < 1.29 is 13.2 Å². The van der Waals surface area contributed by atoms with Gasteiger partial charge in [0.05, 0.1) is 4.90 Å². The molecule has 0 aliphatic heterocycles. The van der Waals surface area contributed by atoms with Gasteiger partial charge in [-0.05, 0) is 71.1 Å². The lowest BCUT2D eigenvalue weighted by molar-refractivity contribution is 0.0869. The van der Waals surface area contributed by atoms with Crippen LogP contribution in [-0.4, -0.2) is 52.5 Å². The summed E-state index contributed by atoms with van der Waals surface area (Å²) in [5.74, 6) is -0.226. The molecule has 0 atom stereocenters. The molecule has 0 bridgehead atoms. The molecule has 1 aromatic carbocycles. The highest BCUT2D eigenvalue weighted by molar-refractivity contribution is 7.89. The molecule has 0 aromatic heterocycles. The molecular formula is C20H33N3O3S. The number of nitrogens with one attached hydrogen (secondary N) is 2. The molecule has 0 unspecified atom stereocenters. The lowest BCUT2D eigenvalue weighted by Crippen LogP contribution is -2.52. The number of hydrogen-bond acceptors (Lipinski definition) is 4. The van der Waals surface area contributed by atoms with Crippen molar-refractivity contribution in [1.82, 2.24) is 14.9 Å². The summed E-state index contributed by atoms with van der Waals surface area (Å²) in [5.41, 5.74) is 1.79. The number of carbonyl (C=O) groups is 1. The number of nitrogens with zero attached hydrogens (tertiary/aromatic N) is 1. The van der Waals surface area contributed by atoms with Crippen molar-refractivity contribution in [3.8, 4) is 0 Å². The van der Waals surface area contributed by atoms with Gasteiger partial charge in [0.2, 0.25) is 10.0 Å². The summed E-state index contributed by atoms with van der Waals surface area (Å²) < 4.78 is 26.9. The van der Waals surface area contributed by atoms with Crippen LogP contribution in [0.1, 0.15) is 60.0 Å². The summed E-state index contributed by atoms with van der Waals surface area (Å²) in [6.45, 7) is 4.15. The first-order valence-corrected chi connectivity index (χ1v) is 11.1. The highest BCUT2D eigenvalue weighted by Crippen LogP contribution is 2.30. The van der Waals surface area contributed by atoms with E-state index in [2.05, 4.69) is 29.0 Å². The summed E-state index contributed by atoms with van der Waals surface area (Å²) in [7, 11) is 1.92. The highest BCUT2D eigenvalue weighted by Gasteiger charge is 2.33. The van der Waals surface area contributed by atoms with Crippen molar-refractivity contribution in [1.29, 1.82) is 0 Å². The number of rotatable bonds is 6. The number of amides is 1. The third-order valence-electron chi connectivity index (χ3n) is 6.00. The average molecular weight is 396 g/mol. The maximum absolute atomic E-state index is 12.8. The van der Waals surface area contributed by atoms with E-state index in [0.29, 0.717) is 17.7 Å². The van der Waals surface area contributed by atoms with Crippen molar-refractivity contribution in [2.45, 2.75) is 62.8 Å². The molecule has 27 heavy (non-hydrogen) atoms. The number of hydrogen-bond donors (Lipinski definition) is 2. The molecule has 0 radical (unpaired) electrons. The molecule has 1 saturated carbocycles. The Labute approximate surface area is 163 Å². The van der Waals surface area contributed by atoms with E-state index in [-0.39, 0.29) is 16.3 Å². The van der Waals surface area contributed by atoms with Crippen LogP contribution in [0.25, 0.3) is 0 Å². The zero-order valence-corrected chi connectivity index (χ0v) is 18.0. The zero-order valence-electron chi connectivity index (χ0n) is 17.2. The van der Waals surface area contributed by atoms with Gasteiger partial charge < -0.3 is 10.2 Å². The van der Waals surface area contributed by atoms with Crippen molar-refractivity contribution in [2.75, 3.05) is 27.7 Å². The first kappa shape index (κ1) is 21.9. The molecule has 7 heteroatoms. The maximum atomic E-state index is 12.8. The maximum Gasteiger partial charge on any atom is 0.251 e. The number of carbonyl (C=O) groups excluding carboxylic acids is 1. The molecule has 0 spiro atoms. The van der Waals surface area contributed by atoms with Gasteiger partial charge in [-0.2, -0.15) is 0 Å². The summed E-state index contributed by atoms with van der Waals surface area (Å²) in [6.07, 6.45) is 6.95. The van der Waals surface area contributed by atoms with Gasteiger partial charge in [0.15, 0.2) is 0 Å². The number of benzene rings is 1. The monoisotopic (exact) mass is 395 g/mol. The zero-order chi connectivity index (χ0) is 20.2. The smallest absolute Gasteiger partial charge is 0.251 e. The Bertz CT molecular complexity index is 780. The second-order valence-electron chi connectivity index (χ2n) is 7.84. The molecule has 152 valence electrons. The predicted molar refractivity (Wildman–Crippen MR) is 109 cm³/mol. The molecule has 1 fully saturated rings. The summed E-state index contributed by atoms with van der Waals surface area (Å²) in [4.78, 5) is 15.2. The SMILES string of the molecule is CNS(=O)(=O)c1cc(C(=O)NCC2(N(C)C)CCCCCC2)cc(C)c1C. The fraction of sp³-hybridized carbons (Fsp3) is 0.650. The Kier molecular flexibility index (Phi) is 7.05. The van der Waals surface area contributed by atoms with E-state index in [9.17, 15) is 13.2 Å². The molecule has 0 saturated heterocycles. The normalized spacial score (nSPS) is 17.6. The summed E-state index contributed by atoms with van der Waals surface area (Å²) >= 11 is 0. The second-order valence-corrected chi connectivity index (χ2v) is 9.69. The fourth-order valence-electron chi connectivity index (χ4n) is 3.86. The minimum absolute atomic E-state index is 0.0359. The van der Waals surface area contributed by atoms with Gasteiger partial charge >= 0.3 is 0 Å². The van der Waals surface area contributed by atoms with E-state index in [1.807, 2.05) is 6.92 Å². The molecule has 0 heterocycles. The average Bonchev–Trinajstić information content (AvgIpc) is 2.88. The minimum Gasteiger partial charge on any atom is -0.350 e. The van der Waals surface area contributed by atoms with E-state index in [1.165, 1.54) is 38.8 Å². The van der Waals surface area contributed by atoms with Gasteiger partial charge in [0.1, 0.15) is 0 Å². The Hall–Kier alpha value is -1.44. The lowest BCUT2D eigenvalue weighted by atomic mass is 9.88. The predicted octanol–water partition coefficient (Wildman–Crippen LogP) is 2.60. The summed E-state index contributed by atoms with van der Waals surface area (Å²) in [6, 6.07) is 3.23. The van der Waals surface area contributed by atoms with E-state index in [0.717, 1.165) is 18.4 Å². The van der Waals surface area contributed by atoms with Crippen LogP contribution in [0, 0.1) is 13.8 Å². The fourth-order valence-corrected chi connectivity index (χ4v) is 4.93. The molecule has 2 rings (SSSR count). The van der Waals surface area contributed by atoms with Gasteiger partial charge in [-0.1, -0.05) is 25.7 Å². The van der Waals surface area contributed by atoms with E-state index in [4.69, 9.17) is 0 Å². The van der Waals surface area contributed by atoms with Gasteiger partial charge in [-0.25, -0.2) is 13.1 Å². The largest absolute Gasteiger partial charge is 0.350 e. The van der Waals surface area contributed by atoms with Crippen LogP contribution in [0.15, 0.2) is 17.0 Å². The Morgan fingerprint density at radius 3 is 2.22 bits per heavy atom. The first-order chi connectivity index (χ1) is 12.6. The molecule has 1 aliphatic carbocycles. The van der Waals surface area contributed by atoms with Crippen molar-refractivity contribution >= 4 is 15.9 Å². The highest BCUT2D eigenvalue weighted by atomic mass is 32.2. The van der Waals surface area contributed by atoms with Gasteiger partial charge in [0, 0.05) is 17.6 Å². The summed E-state index contributed by atoms with van der Waals surface area (Å²) in [5, 5.41) is 3.07. The van der Waals surface area contributed by atoms with E-state index < -0.39 is 10.0 Å². The molecule has 1 aliphatic rings. The van der Waals surface area contributed by atoms with Crippen LogP contribution >= 0.6 is 0 Å². The first-order valence-electron chi connectivity index (χ1n) is 9.63. The minimum atomic E-state index is -3.61. The third kappa shape index (κ3) is 4.89. The molecule has 1 amide bonds. The van der Waals surface area contributed by atoms with Crippen LogP contribution in [0.4, 0.5) is 0 Å². The van der Waals surface area contributed by atoms with Gasteiger partial charge in [0.25, 0.3) is 5.91 Å². The third-order valence-corrected chi connectivity index (χ3v) is 7.54. The number of sulfonamides is 1. The topological polar surface area (TPSA) is 78.5 Å². The van der Waals surface area contributed by atoms with Crippen molar-refractivity contribution in [3.05, 3.63) is 28.8 Å². The molecular weight excluding hydrogens is 362 g/mol. The van der Waals surface area contributed by atoms with E-state index in [1.54, 1.807) is 13.0 Å². The Balaban J connectivity index is 2.25. The number of likely N-dealkylation sites (N-methyl/N-ethyl adjacent to an activating group) is 1. The van der Waals surface area contributed by atoms with Crippen molar-refractivity contribution in [2.24, 2.45) is 0 Å². The second kappa shape index (κ2) is 8.71. The quantitative estimate of drug-likeness (QED) is 0.726. The van der Waals surface area contributed by atoms with Crippen LogP contribution in [0.2, 0.25) is 0 Å². The van der Waals surface area contributed by atoms with Crippen LogP contribution in [-0.2, 0) is 10.0 Å². The van der Waals surface area contributed by atoms with Crippen LogP contribution in [0.3, 0.4) is 0 Å². The van der Waals surface area contributed by atoms with Gasteiger partial charge in [-0.15, -0.1) is 0 Å². The molecule has 6 nitrogen and oxygen atoms in total. The Morgan fingerprint density at radius 2 is 1.70 bits per heavy atom. The number of aryl methyl sites for hydroxylation is 1. The van der Waals surface area contributed by atoms with Crippen LogP contribution in [0.5, 0.6) is 0 Å². The van der Waals surface area contributed by atoms with Crippen LogP contribution < -0.4 is 10.0 Å². The standard InChI is InChI=1S/C20H33N3O3S/c1-15-12-17(13-18(16(15)2)27(25,26)21-3)19(24)22-14-20(23(4)5)10-8-6-7-9-11-20/h12-13,21H,6-11,14H2,1-5H3,(H,22,24). The molecule has 1 aromatic rings. The molecule has 2 N–H and O–H groups in total.